The standard InChI is InChI=1S/C18H32O16/c19-1-5-8(22)11(25)13(27)16(31-5)30-3-7-9(23)12(26)14(28)17(32-7)34-18(4-21)15(29)10(24)6(2-20)33-18/h5-17,19-29H,1-4H2/t5-,6-,7-,8-,9+,10+,11+,12+,13+,14-,15-,16-,17+,18-/m0/s1. The molecule has 3 aliphatic rings. The van der Waals surface area contributed by atoms with Gasteiger partial charge in [-0.1, -0.05) is 0 Å². The molecule has 0 aromatic carbocycles. The third kappa shape index (κ3) is 5.09. The van der Waals surface area contributed by atoms with E-state index in [4.69, 9.17) is 23.7 Å². The SMILES string of the molecule is OC[C@@H]1O[C@H](OC[C@@H]2O[C@H](O[C@]3(CO)O[C@@H](CO)[C@@H](O)[C@@H]3O)[C@@H](O)[C@H](O)[C@@H]2O)[C@H](O)[C@H](O)[C@H]1O. The van der Waals surface area contributed by atoms with Gasteiger partial charge in [-0.25, -0.2) is 0 Å². The average Bonchev–Trinajstić information content (AvgIpc) is 3.08. The number of ether oxygens (including phenoxy) is 5. The van der Waals surface area contributed by atoms with Crippen LogP contribution in [0.2, 0.25) is 0 Å². The van der Waals surface area contributed by atoms with Crippen molar-refractivity contribution in [3.8, 4) is 0 Å². The summed E-state index contributed by atoms with van der Waals surface area (Å²) < 4.78 is 26.4. The molecule has 0 unspecified atom stereocenters. The quantitative estimate of drug-likeness (QED) is 0.146. The zero-order chi connectivity index (χ0) is 25.4. The van der Waals surface area contributed by atoms with E-state index in [1.807, 2.05) is 0 Å². The van der Waals surface area contributed by atoms with Gasteiger partial charge in [-0.2, -0.15) is 0 Å². The van der Waals surface area contributed by atoms with Gasteiger partial charge in [0.2, 0.25) is 5.79 Å². The van der Waals surface area contributed by atoms with Gasteiger partial charge in [-0.05, 0) is 0 Å². The van der Waals surface area contributed by atoms with Crippen LogP contribution >= 0.6 is 0 Å². The summed E-state index contributed by atoms with van der Waals surface area (Å²) in [4.78, 5) is 0. The minimum absolute atomic E-state index is 0.634. The van der Waals surface area contributed by atoms with Crippen LogP contribution in [-0.4, -0.2) is 168 Å². The van der Waals surface area contributed by atoms with Gasteiger partial charge in [-0.3, -0.25) is 0 Å². The second-order valence-corrected chi connectivity index (χ2v) is 8.41. The van der Waals surface area contributed by atoms with Gasteiger partial charge < -0.3 is 79.9 Å². The van der Waals surface area contributed by atoms with Crippen molar-refractivity contribution in [2.75, 3.05) is 26.4 Å². The fourth-order valence-electron chi connectivity index (χ4n) is 4.01. The molecule has 0 radical (unpaired) electrons. The van der Waals surface area contributed by atoms with Crippen molar-refractivity contribution >= 4 is 0 Å². The Morgan fingerprint density at radius 2 is 1.12 bits per heavy atom. The van der Waals surface area contributed by atoms with Crippen LogP contribution in [0.15, 0.2) is 0 Å². The molecule has 200 valence electrons. The maximum absolute atomic E-state index is 10.3. The Bertz CT molecular complexity index is 653. The van der Waals surface area contributed by atoms with Crippen LogP contribution in [0.3, 0.4) is 0 Å². The molecule has 3 fully saturated rings. The third-order valence-corrected chi connectivity index (χ3v) is 6.16. The Kier molecular flexibility index (Phi) is 9.18. The van der Waals surface area contributed by atoms with Crippen molar-refractivity contribution in [3.05, 3.63) is 0 Å². The lowest BCUT2D eigenvalue weighted by atomic mass is 9.98. The van der Waals surface area contributed by atoms with Gasteiger partial charge in [0.15, 0.2) is 12.6 Å². The van der Waals surface area contributed by atoms with E-state index >= 15 is 0 Å². The molecule has 34 heavy (non-hydrogen) atoms. The highest BCUT2D eigenvalue weighted by molar-refractivity contribution is 4.98. The largest absolute Gasteiger partial charge is 0.394 e. The molecule has 16 nitrogen and oxygen atoms in total. The van der Waals surface area contributed by atoms with Crippen molar-refractivity contribution in [2.45, 2.75) is 85.5 Å². The number of aliphatic hydroxyl groups excluding tert-OH is 11. The Hall–Kier alpha value is -0.640. The first-order chi connectivity index (χ1) is 16.0. The topological polar surface area (TPSA) is 269 Å². The van der Waals surface area contributed by atoms with Crippen LogP contribution in [0, 0.1) is 0 Å². The fourth-order valence-corrected chi connectivity index (χ4v) is 4.01. The molecule has 0 bridgehead atoms. The third-order valence-electron chi connectivity index (χ3n) is 6.16. The maximum atomic E-state index is 10.3. The van der Waals surface area contributed by atoms with Crippen LogP contribution in [0.5, 0.6) is 0 Å². The summed E-state index contributed by atoms with van der Waals surface area (Å²) in [6, 6.07) is 0. The number of hydrogen-bond acceptors (Lipinski definition) is 16. The zero-order valence-corrected chi connectivity index (χ0v) is 17.8. The van der Waals surface area contributed by atoms with E-state index in [-0.39, 0.29) is 0 Å². The molecule has 0 aliphatic carbocycles. The summed E-state index contributed by atoms with van der Waals surface area (Å²) >= 11 is 0. The Labute approximate surface area is 192 Å². The second-order valence-electron chi connectivity index (χ2n) is 8.41. The van der Waals surface area contributed by atoms with E-state index in [2.05, 4.69) is 0 Å². The summed E-state index contributed by atoms with van der Waals surface area (Å²) in [7, 11) is 0. The molecule has 0 amide bonds. The van der Waals surface area contributed by atoms with E-state index in [9.17, 15) is 56.2 Å². The number of hydrogen-bond donors (Lipinski definition) is 11. The predicted molar refractivity (Wildman–Crippen MR) is 101 cm³/mol. The zero-order valence-electron chi connectivity index (χ0n) is 17.8. The van der Waals surface area contributed by atoms with E-state index in [1.54, 1.807) is 0 Å². The molecular weight excluding hydrogens is 472 g/mol. The normalized spacial score (nSPS) is 52.1. The number of rotatable bonds is 8. The average molecular weight is 504 g/mol. The van der Waals surface area contributed by atoms with Gasteiger partial charge in [0.1, 0.15) is 73.8 Å². The molecule has 0 aromatic rings. The summed E-state index contributed by atoms with van der Waals surface area (Å²) in [5.74, 6) is -2.36. The van der Waals surface area contributed by atoms with Gasteiger partial charge in [0.05, 0.1) is 19.8 Å². The fraction of sp³-hybridized carbons (Fsp3) is 1.00. The molecule has 3 aliphatic heterocycles. The summed E-state index contributed by atoms with van der Waals surface area (Å²) in [5, 5.41) is 109. The van der Waals surface area contributed by atoms with Crippen molar-refractivity contribution < 1.29 is 79.9 Å². The molecule has 11 N–H and O–H groups in total. The Balaban J connectivity index is 1.69. The lowest BCUT2D eigenvalue weighted by molar-refractivity contribution is -0.388. The molecular formula is C18H32O16. The predicted octanol–water partition coefficient (Wildman–Crippen LogP) is -7.57. The van der Waals surface area contributed by atoms with Gasteiger partial charge >= 0.3 is 0 Å². The molecule has 3 saturated heterocycles. The monoisotopic (exact) mass is 504 g/mol. The van der Waals surface area contributed by atoms with Crippen molar-refractivity contribution in [1.29, 1.82) is 0 Å². The van der Waals surface area contributed by atoms with E-state index in [0.717, 1.165) is 0 Å². The first kappa shape index (κ1) is 27.9. The van der Waals surface area contributed by atoms with E-state index in [0.29, 0.717) is 0 Å². The van der Waals surface area contributed by atoms with E-state index < -0.39 is 112 Å². The van der Waals surface area contributed by atoms with E-state index in [1.165, 1.54) is 0 Å². The van der Waals surface area contributed by atoms with Gasteiger partial charge in [0, 0.05) is 0 Å². The Morgan fingerprint density at radius 3 is 1.65 bits per heavy atom. The molecule has 14 atom stereocenters. The first-order valence-electron chi connectivity index (χ1n) is 10.6. The first-order valence-corrected chi connectivity index (χ1v) is 10.6. The van der Waals surface area contributed by atoms with Crippen molar-refractivity contribution in [3.63, 3.8) is 0 Å². The lowest BCUT2D eigenvalue weighted by Crippen LogP contribution is -2.63. The molecule has 0 saturated carbocycles. The lowest BCUT2D eigenvalue weighted by Gasteiger charge is -2.44. The van der Waals surface area contributed by atoms with Gasteiger partial charge in [-0.15, -0.1) is 0 Å². The van der Waals surface area contributed by atoms with Crippen molar-refractivity contribution in [1.82, 2.24) is 0 Å². The summed E-state index contributed by atoms with van der Waals surface area (Å²) in [6.45, 7) is -3.14. The highest BCUT2D eigenvalue weighted by Crippen LogP contribution is 2.36. The number of aliphatic hydroxyl groups is 11. The summed E-state index contributed by atoms with van der Waals surface area (Å²) in [6.07, 6.45) is -21.8. The van der Waals surface area contributed by atoms with Crippen molar-refractivity contribution in [2.24, 2.45) is 0 Å². The maximum Gasteiger partial charge on any atom is 0.224 e. The molecule has 0 spiro atoms. The smallest absolute Gasteiger partial charge is 0.224 e. The van der Waals surface area contributed by atoms with Crippen LogP contribution in [0.25, 0.3) is 0 Å². The van der Waals surface area contributed by atoms with Crippen LogP contribution in [0.1, 0.15) is 0 Å². The Morgan fingerprint density at radius 1 is 0.588 bits per heavy atom. The second kappa shape index (κ2) is 11.2. The van der Waals surface area contributed by atoms with Crippen LogP contribution in [-0.2, 0) is 23.7 Å². The minimum Gasteiger partial charge on any atom is -0.394 e. The molecule has 16 heteroatoms. The van der Waals surface area contributed by atoms with Gasteiger partial charge in [0.25, 0.3) is 0 Å². The minimum atomic E-state index is -2.36. The molecule has 0 aromatic heterocycles. The highest BCUT2D eigenvalue weighted by atomic mass is 16.8. The molecule has 3 heterocycles. The molecule has 3 rings (SSSR count). The van der Waals surface area contributed by atoms with Crippen LogP contribution < -0.4 is 0 Å². The summed E-state index contributed by atoms with van der Waals surface area (Å²) in [5.41, 5.74) is 0. The van der Waals surface area contributed by atoms with Crippen LogP contribution in [0.4, 0.5) is 0 Å². The highest BCUT2D eigenvalue weighted by Gasteiger charge is 2.58.